The zero-order valence-corrected chi connectivity index (χ0v) is 13.1. The summed E-state index contributed by atoms with van der Waals surface area (Å²) in [5.74, 6) is 1.17. The molecule has 0 fully saturated rings. The number of para-hydroxylation sites is 1. The van der Waals surface area contributed by atoms with Gasteiger partial charge in [0.05, 0.1) is 12.7 Å². The average molecular weight is 317 g/mol. The van der Waals surface area contributed by atoms with E-state index in [9.17, 15) is 4.79 Å². The fourth-order valence-electron chi connectivity index (χ4n) is 2.07. The fraction of sp³-hybridized carbons (Fsp3) is 0.286. The Labute approximate surface area is 130 Å². The van der Waals surface area contributed by atoms with Crippen LogP contribution in [0, 0.1) is 6.92 Å². The fourth-order valence-corrected chi connectivity index (χ4v) is 2.94. The highest BCUT2D eigenvalue weighted by Crippen LogP contribution is 2.17. The summed E-state index contributed by atoms with van der Waals surface area (Å²) in [4.78, 5) is 12.9. The number of carbonyl (C=O) groups is 1. The average Bonchev–Trinajstić information content (AvgIpc) is 3.09. The van der Waals surface area contributed by atoms with Crippen LogP contribution in [-0.4, -0.2) is 39.4 Å². The van der Waals surface area contributed by atoms with Gasteiger partial charge in [-0.1, -0.05) is 23.5 Å². The smallest absolute Gasteiger partial charge is 0.255 e. The van der Waals surface area contributed by atoms with E-state index in [1.165, 1.54) is 11.3 Å². The number of carbonyl (C=O) groups excluding carboxylic acids is 1. The Kier molecular flexibility index (Phi) is 4.01. The van der Waals surface area contributed by atoms with Gasteiger partial charge in [0.15, 0.2) is 5.82 Å². The van der Waals surface area contributed by atoms with E-state index < -0.39 is 0 Å². The lowest BCUT2D eigenvalue weighted by atomic mass is 10.2. The van der Waals surface area contributed by atoms with Crippen molar-refractivity contribution in [2.24, 2.45) is 0 Å². The van der Waals surface area contributed by atoms with Gasteiger partial charge in [0.1, 0.15) is 10.8 Å². The molecule has 3 aromatic rings. The molecule has 0 aliphatic heterocycles. The number of rotatable bonds is 5. The number of methoxy groups -OCH3 is 1. The van der Waals surface area contributed by atoms with Crippen LogP contribution in [0.15, 0.2) is 24.3 Å². The Bertz CT molecular complexity index is 811. The minimum atomic E-state index is -0.156. The number of ether oxygens (including phenoxy) is 1. The number of amides is 1. The predicted molar refractivity (Wildman–Crippen MR) is 82.4 cm³/mol. The Balaban J connectivity index is 1.61. The molecule has 0 saturated carbocycles. The number of fused-ring (bicyclic) bond motifs is 1. The van der Waals surface area contributed by atoms with E-state index >= 15 is 0 Å². The minimum absolute atomic E-state index is 0.156. The highest BCUT2D eigenvalue weighted by Gasteiger charge is 2.12. The summed E-state index contributed by atoms with van der Waals surface area (Å²) in [6, 6.07) is 7.14. The third-order valence-corrected chi connectivity index (χ3v) is 4.12. The Morgan fingerprint density at radius 3 is 2.95 bits per heavy atom. The van der Waals surface area contributed by atoms with Crippen LogP contribution in [0.3, 0.4) is 0 Å². The molecule has 0 saturated heterocycles. The van der Waals surface area contributed by atoms with E-state index in [2.05, 4.69) is 20.6 Å². The van der Waals surface area contributed by atoms with Gasteiger partial charge in [-0.3, -0.25) is 4.79 Å². The summed E-state index contributed by atoms with van der Waals surface area (Å²) in [7, 11) is 1.55. The number of aryl methyl sites for hydroxylation is 1. The van der Waals surface area contributed by atoms with Crippen molar-refractivity contribution in [2.45, 2.75) is 13.3 Å². The lowest BCUT2D eigenvalue weighted by molar-refractivity contribution is 0.0951. The van der Waals surface area contributed by atoms with E-state index in [0.29, 0.717) is 24.3 Å². The molecule has 7 nitrogen and oxygen atoms in total. The lowest BCUT2D eigenvalue weighted by Gasteiger charge is -2.08. The third-order valence-electron chi connectivity index (χ3n) is 3.16. The summed E-state index contributed by atoms with van der Waals surface area (Å²) in [6.45, 7) is 2.35. The van der Waals surface area contributed by atoms with Crippen molar-refractivity contribution in [3.05, 3.63) is 40.7 Å². The van der Waals surface area contributed by atoms with E-state index in [0.717, 1.165) is 15.8 Å². The number of benzene rings is 1. The molecule has 1 N–H and O–H groups in total. The molecule has 8 heteroatoms. The summed E-state index contributed by atoms with van der Waals surface area (Å²) < 4.78 is 6.89. The molecule has 1 aromatic carbocycles. The molecule has 0 atom stereocenters. The van der Waals surface area contributed by atoms with Crippen molar-refractivity contribution in [3.63, 3.8) is 0 Å². The first-order valence-corrected chi connectivity index (χ1v) is 7.59. The van der Waals surface area contributed by atoms with Gasteiger partial charge in [-0.2, -0.15) is 9.61 Å². The zero-order chi connectivity index (χ0) is 15.5. The first-order valence-electron chi connectivity index (χ1n) is 6.78. The normalized spacial score (nSPS) is 10.8. The Morgan fingerprint density at radius 2 is 2.18 bits per heavy atom. The second-order valence-corrected chi connectivity index (χ2v) is 5.68. The number of hydrogen-bond acceptors (Lipinski definition) is 6. The molecule has 3 rings (SSSR count). The van der Waals surface area contributed by atoms with Crippen LogP contribution in [0.2, 0.25) is 0 Å². The molecule has 0 radical (unpaired) electrons. The molecule has 114 valence electrons. The van der Waals surface area contributed by atoms with Crippen molar-refractivity contribution >= 4 is 22.2 Å². The van der Waals surface area contributed by atoms with Crippen LogP contribution >= 0.6 is 11.3 Å². The first-order chi connectivity index (χ1) is 10.7. The molecular weight excluding hydrogens is 302 g/mol. The standard InChI is InChI=1S/C14H15N5O2S/c1-9-16-17-14-19(9)18-12(22-14)7-8-15-13(20)10-5-3-4-6-11(10)21-2/h3-6H,7-8H2,1-2H3,(H,15,20). The second-order valence-electron chi connectivity index (χ2n) is 4.64. The largest absolute Gasteiger partial charge is 0.496 e. The molecule has 0 spiro atoms. The second kappa shape index (κ2) is 6.10. The van der Waals surface area contributed by atoms with Gasteiger partial charge >= 0.3 is 0 Å². The molecule has 0 unspecified atom stereocenters. The molecule has 1 amide bonds. The van der Waals surface area contributed by atoms with E-state index in [1.54, 1.807) is 23.8 Å². The Hall–Kier alpha value is -2.48. The van der Waals surface area contributed by atoms with E-state index in [1.807, 2.05) is 19.1 Å². The topological polar surface area (TPSA) is 81.4 Å². The van der Waals surface area contributed by atoms with Crippen molar-refractivity contribution in [1.82, 2.24) is 25.1 Å². The monoisotopic (exact) mass is 317 g/mol. The predicted octanol–water partition coefficient (Wildman–Crippen LogP) is 1.48. The van der Waals surface area contributed by atoms with Gasteiger partial charge in [0.2, 0.25) is 4.96 Å². The van der Waals surface area contributed by atoms with Gasteiger partial charge in [-0.05, 0) is 19.1 Å². The Morgan fingerprint density at radius 1 is 1.36 bits per heavy atom. The summed E-state index contributed by atoms with van der Waals surface area (Å²) in [5.41, 5.74) is 0.527. The van der Waals surface area contributed by atoms with Gasteiger partial charge < -0.3 is 10.1 Å². The van der Waals surface area contributed by atoms with Gasteiger partial charge in [-0.15, -0.1) is 10.2 Å². The molecular formula is C14H15N5O2S. The first kappa shape index (κ1) is 14.5. The van der Waals surface area contributed by atoms with Gasteiger partial charge in [0.25, 0.3) is 5.91 Å². The van der Waals surface area contributed by atoms with Crippen LogP contribution in [0.1, 0.15) is 21.2 Å². The lowest BCUT2D eigenvalue weighted by Crippen LogP contribution is -2.26. The molecule has 2 heterocycles. The molecule has 2 aromatic heterocycles. The number of nitrogens with zero attached hydrogens (tertiary/aromatic N) is 4. The van der Waals surface area contributed by atoms with Crippen molar-refractivity contribution in [1.29, 1.82) is 0 Å². The number of nitrogens with one attached hydrogen (secondary N) is 1. The molecule has 0 aliphatic carbocycles. The highest BCUT2D eigenvalue weighted by atomic mass is 32.1. The van der Waals surface area contributed by atoms with Crippen LogP contribution in [0.25, 0.3) is 4.96 Å². The van der Waals surface area contributed by atoms with E-state index in [4.69, 9.17) is 4.74 Å². The van der Waals surface area contributed by atoms with Crippen molar-refractivity contribution in [3.8, 4) is 5.75 Å². The molecule has 22 heavy (non-hydrogen) atoms. The maximum absolute atomic E-state index is 12.2. The number of aromatic nitrogens is 4. The maximum atomic E-state index is 12.2. The maximum Gasteiger partial charge on any atom is 0.255 e. The highest BCUT2D eigenvalue weighted by molar-refractivity contribution is 7.16. The van der Waals surface area contributed by atoms with Gasteiger partial charge in [-0.25, -0.2) is 0 Å². The van der Waals surface area contributed by atoms with Gasteiger partial charge in [0, 0.05) is 13.0 Å². The minimum Gasteiger partial charge on any atom is -0.496 e. The molecule has 0 bridgehead atoms. The van der Waals surface area contributed by atoms with Crippen LogP contribution in [-0.2, 0) is 6.42 Å². The van der Waals surface area contributed by atoms with Crippen LogP contribution in [0.4, 0.5) is 0 Å². The summed E-state index contributed by atoms with van der Waals surface area (Å²) in [6.07, 6.45) is 0.647. The SMILES string of the molecule is COc1ccccc1C(=O)NCCc1nn2c(C)nnc2s1. The third kappa shape index (κ3) is 2.77. The molecule has 0 aliphatic rings. The van der Waals surface area contributed by atoms with Crippen molar-refractivity contribution in [2.75, 3.05) is 13.7 Å². The quantitative estimate of drug-likeness (QED) is 0.771. The van der Waals surface area contributed by atoms with Crippen LogP contribution in [0.5, 0.6) is 5.75 Å². The van der Waals surface area contributed by atoms with E-state index in [-0.39, 0.29) is 5.91 Å². The number of hydrogen-bond donors (Lipinski definition) is 1. The zero-order valence-electron chi connectivity index (χ0n) is 12.2. The van der Waals surface area contributed by atoms with Crippen molar-refractivity contribution < 1.29 is 9.53 Å². The summed E-state index contributed by atoms with van der Waals surface area (Å²) >= 11 is 1.48. The van der Waals surface area contributed by atoms with Crippen LogP contribution < -0.4 is 10.1 Å². The summed E-state index contributed by atoms with van der Waals surface area (Å²) in [5, 5.41) is 16.2.